The van der Waals surface area contributed by atoms with Crippen molar-refractivity contribution in [3.8, 4) is 11.3 Å². The minimum absolute atomic E-state index is 0.00242. The van der Waals surface area contributed by atoms with Crippen molar-refractivity contribution in [1.82, 2.24) is 9.97 Å². The summed E-state index contributed by atoms with van der Waals surface area (Å²) in [5.74, 6) is -1.40. The predicted molar refractivity (Wildman–Crippen MR) is 70.9 cm³/mol. The number of aromatic amines is 1. The van der Waals surface area contributed by atoms with Gasteiger partial charge in [0.15, 0.2) is 11.6 Å². The molecule has 1 aromatic carbocycles. The summed E-state index contributed by atoms with van der Waals surface area (Å²) in [6.45, 7) is 0. The maximum absolute atomic E-state index is 14.3. The van der Waals surface area contributed by atoms with E-state index in [2.05, 4.69) is 9.97 Å². The minimum Gasteiger partial charge on any atom is -0.395 e. The summed E-state index contributed by atoms with van der Waals surface area (Å²) in [6.07, 6.45) is 2.81. The normalized spacial score (nSPS) is 11.1. The Morgan fingerprint density at radius 3 is 2.74 bits per heavy atom. The van der Waals surface area contributed by atoms with Gasteiger partial charge in [-0.05, 0) is 12.1 Å². The van der Waals surface area contributed by atoms with E-state index in [-0.39, 0.29) is 22.0 Å². The van der Waals surface area contributed by atoms with Crippen molar-refractivity contribution in [2.45, 2.75) is 0 Å². The van der Waals surface area contributed by atoms with Gasteiger partial charge in [0, 0.05) is 23.3 Å². The van der Waals surface area contributed by atoms with E-state index in [1.807, 2.05) is 0 Å². The van der Waals surface area contributed by atoms with Crippen LogP contribution >= 0.6 is 11.6 Å². The molecule has 0 fully saturated rings. The lowest BCUT2D eigenvalue weighted by Crippen LogP contribution is -1.99. The Morgan fingerprint density at radius 1 is 1.16 bits per heavy atom. The number of aromatic nitrogens is 2. The van der Waals surface area contributed by atoms with E-state index in [1.165, 1.54) is 12.3 Å². The first-order chi connectivity index (χ1) is 9.09. The summed E-state index contributed by atoms with van der Waals surface area (Å²) in [6, 6.07) is 4.86. The summed E-state index contributed by atoms with van der Waals surface area (Å²) < 4.78 is 28.3. The molecule has 3 nitrogen and oxygen atoms in total. The molecule has 0 unspecified atom stereocenters. The van der Waals surface area contributed by atoms with E-state index < -0.39 is 11.6 Å². The second kappa shape index (κ2) is 4.20. The first-order valence-corrected chi connectivity index (χ1v) is 5.83. The van der Waals surface area contributed by atoms with Gasteiger partial charge in [0.2, 0.25) is 0 Å². The van der Waals surface area contributed by atoms with Crippen molar-refractivity contribution in [1.29, 1.82) is 0 Å². The van der Waals surface area contributed by atoms with Gasteiger partial charge < -0.3 is 10.7 Å². The van der Waals surface area contributed by atoms with Gasteiger partial charge in [-0.3, -0.25) is 4.98 Å². The molecule has 0 atom stereocenters. The highest BCUT2D eigenvalue weighted by atomic mass is 35.5. The molecule has 0 saturated carbocycles. The fourth-order valence-corrected chi connectivity index (χ4v) is 2.07. The van der Waals surface area contributed by atoms with Crippen molar-refractivity contribution in [3.63, 3.8) is 0 Å². The molecule has 3 rings (SSSR count). The number of rotatable bonds is 1. The van der Waals surface area contributed by atoms with Crippen LogP contribution in [-0.2, 0) is 0 Å². The van der Waals surface area contributed by atoms with Crippen molar-refractivity contribution >= 4 is 28.2 Å². The Morgan fingerprint density at radius 2 is 1.95 bits per heavy atom. The molecule has 0 saturated heterocycles. The molecule has 0 spiro atoms. The first kappa shape index (κ1) is 11.9. The van der Waals surface area contributed by atoms with Crippen LogP contribution in [0.5, 0.6) is 0 Å². The van der Waals surface area contributed by atoms with Crippen LogP contribution in [0.3, 0.4) is 0 Å². The number of benzene rings is 1. The molecular formula is C13H8ClF2N3. The first-order valence-electron chi connectivity index (χ1n) is 5.45. The molecule has 3 N–H and O–H groups in total. The molecule has 3 aromatic rings. The number of anilines is 1. The predicted octanol–water partition coefficient (Wildman–Crippen LogP) is 3.74. The summed E-state index contributed by atoms with van der Waals surface area (Å²) in [5.41, 5.74) is 5.43. The molecule has 0 radical (unpaired) electrons. The van der Waals surface area contributed by atoms with Crippen LogP contribution in [0, 0.1) is 11.6 Å². The number of hydrogen-bond acceptors (Lipinski definition) is 2. The van der Waals surface area contributed by atoms with Crippen LogP contribution < -0.4 is 5.73 Å². The highest BCUT2D eigenvalue weighted by molar-refractivity contribution is 6.33. The third kappa shape index (κ3) is 1.74. The van der Waals surface area contributed by atoms with Crippen molar-refractivity contribution in [3.05, 3.63) is 47.2 Å². The van der Waals surface area contributed by atoms with E-state index in [4.69, 9.17) is 17.3 Å². The summed E-state index contributed by atoms with van der Waals surface area (Å²) >= 11 is 5.66. The topological polar surface area (TPSA) is 54.7 Å². The van der Waals surface area contributed by atoms with Gasteiger partial charge in [0.05, 0.1) is 16.2 Å². The van der Waals surface area contributed by atoms with E-state index in [9.17, 15) is 8.78 Å². The van der Waals surface area contributed by atoms with Crippen molar-refractivity contribution < 1.29 is 8.78 Å². The molecule has 0 bridgehead atoms. The van der Waals surface area contributed by atoms with E-state index >= 15 is 0 Å². The molecule has 2 aromatic heterocycles. The fraction of sp³-hybridized carbons (Fsp3) is 0. The standard InChI is InChI=1S/C13H8ClF2N3/c14-8-5-19-13(10(16)11(8)17)7-2-1-6-3-4-18-12(6)9(7)15/h1-5,18H,(H2,17,19). The summed E-state index contributed by atoms with van der Waals surface area (Å²) in [7, 11) is 0. The number of H-pyrrole nitrogens is 1. The third-order valence-electron chi connectivity index (χ3n) is 2.93. The van der Waals surface area contributed by atoms with Crippen LogP contribution in [-0.4, -0.2) is 9.97 Å². The zero-order valence-electron chi connectivity index (χ0n) is 9.55. The minimum atomic E-state index is -0.822. The lowest BCUT2D eigenvalue weighted by molar-refractivity contribution is 0.618. The molecule has 19 heavy (non-hydrogen) atoms. The Bertz CT molecular complexity index is 783. The van der Waals surface area contributed by atoms with Crippen LogP contribution in [0.4, 0.5) is 14.5 Å². The van der Waals surface area contributed by atoms with Crippen molar-refractivity contribution in [2.24, 2.45) is 0 Å². The third-order valence-corrected chi connectivity index (χ3v) is 3.23. The fourth-order valence-electron chi connectivity index (χ4n) is 1.94. The smallest absolute Gasteiger partial charge is 0.173 e. The van der Waals surface area contributed by atoms with Crippen LogP contribution in [0.15, 0.2) is 30.6 Å². The maximum atomic E-state index is 14.3. The van der Waals surface area contributed by atoms with E-state index in [0.29, 0.717) is 10.9 Å². The largest absolute Gasteiger partial charge is 0.395 e. The van der Waals surface area contributed by atoms with E-state index in [1.54, 1.807) is 18.3 Å². The Kier molecular flexibility index (Phi) is 2.64. The van der Waals surface area contributed by atoms with Gasteiger partial charge in [-0.15, -0.1) is 0 Å². The number of halogens is 3. The van der Waals surface area contributed by atoms with Gasteiger partial charge in [0.1, 0.15) is 5.69 Å². The van der Waals surface area contributed by atoms with Gasteiger partial charge >= 0.3 is 0 Å². The molecule has 96 valence electrons. The molecule has 2 heterocycles. The number of hydrogen-bond donors (Lipinski definition) is 2. The Balaban J connectivity index is 2.30. The highest BCUT2D eigenvalue weighted by Crippen LogP contribution is 2.32. The monoisotopic (exact) mass is 279 g/mol. The number of nitrogens with one attached hydrogen (secondary N) is 1. The second-order valence-electron chi connectivity index (χ2n) is 4.05. The number of nitrogens with two attached hydrogens (primary N) is 1. The average molecular weight is 280 g/mol. The quantitative estimate of drug-likeness (QED) is 0.713. The lowest BCUT2D eigenvalue weighted by atomic mass is 10.1. The van der Waals surface area contributed by atoms with Crippen LogP contribution in [0.25, 0.3) is 22.2 Å². The van der Waals surface area contributed by atoms with Gasteiger partial charge in [-0.25, -0.2) is 8.78 Å². The average Bonchev–Trinajstić information content (AvgIpc) is 2.87. The zero-order chi connectivity index (χ0) is 13.6. The highest BCUT2D eigenvalue weighted by Gasteiger charge is 2.18. The SMILES string of the molecule is Nc1c(Cl)cnc(-c2ccc3cc[nH]c3c2F)c1F. The second-order valence-corrected chi connectivity index (χ2v) is 4.46. The summed E-state index contributed by atoms with van der Waals surface area (Å²) in [4.78, 5) is 6.58. The molecule has 6 heteroatoms. The Labute approximate surface area is 112 Å². The molecular weight excluding hydrogens is 272 g/mol. The summed E-state index contributed by atoms with van der Waals surface area (Å²) in [5, 5.41) is 0.700. The molecule has 0 amide bonds. The van der Waals surface area contributed by atoms with Gasteiger partial charge in [-0.2, -0.15) is 0 Å². The lowest BCUT2D eigenvalue weighted by Gasteiger charge is -2.07. The molecule has 0 aliphatic heterocycles. The van der Waals surface area contributed by atoms with Gasteiger partial charge in [-0.1, -0.05) is 17.7 Å². The number of pyridine rings is 1. The Hall–Kier alpha value is -2.14. The van der Waals surface area contributed by atoms with Gasteiger partial charge in [0.25, 0.3) is 0 Å². The molecule has 0 aliphatic carbocycles. The maximum Gasteiger partial charge on any atom is 0.173 e. The number of fused-ring (bicyclic) bond motifs is 1. The number of nitrogens with zero attached hydrogens (tertiary/aromatic N) is 1. The van der Waals surface area contributed by atoms with Crippen molar-refractivity contribution in [2.75, 3.05) is 5.73 Å². The molecule has 0 aliphatic rings. The van der Waals surface area contributed by atoms with E-state index in [0.717, 1.165) is 0 Å². The zero-order valence-corrected chi connectivity index (χ0v) is 10.3. The van der Waals surface area contributed by atoms with Crippen LogP contribution in [0.2, 0.25) is 5.02 Å². The van der Waals surface area contributed by atoms with Crippen LogP contribution in [0.1, 0.15) is 0 Å². The number of nitrogen functional groups attached to an aromatic ring is 1.